The largest absolute Gasteiger partial charge is 0.373 e. The van der Waals surface area contributed by atoms with Gasteiger partial charge in [-0.25, -0.2) is 13.5 Å². The number of amides is 1. The number of carbonyl (C=O) groups is 1. The Labute approximate surface area is 223 Å². The lowest BCUT2D eigenvalue weighted by Crippen LogP contribution is -2.29. The van der Waals surface area contributed by atoms with Crippen molar-refractivity contribution in [2.45, 2.75) is 25.8 Å². The Morgan fingerprint density at radius 1 is 1.03 bits per heavy atom. The average Bonchev–Trinajstić information content (AvgIpc) is 3.61. The summed E-state index contributed by atoms with van der Waals surface area (Å²) in [6, 6.07) is 15.7. The van der Waals surface area contributed by atoms with Gasteiger partial charge < -0.3 is 21.3 Å². The quantitative estimate of drug-likeness (QED) is 0.302. The summed E-state index contributed by atoms with van der Waals surface area (Å²) in [7, 11) is 1.95. The molecule has 0 spiro atoms. The van der Waals surface area contributed by atoms with Gasteiger partial charge >= 0.3 is 0 Å². The first-order valence-electron chi connectivity index (χ1n) is 12.4. The van der Waals surface area contributed by atoms with E-state index in [0.717, 1.165) is 74.8 Å². The molecule has 0 saturated carbocycles. The molecule has 7 nitrogen and oxygen atoms in total. The molecule has 2 aliphatic rings. The van der Waals surface area contributed by atoms with Gasteiger partial charge in [-0.1, -0.05) is 36.4 Å². The van der Waals surface area contributed by atoms with E-state index in [1.54, 1.807) is 0 Å². The van der Waals surface area contributed by atoms with E-state index in [0.29, 0.717) is 6.04 Å². The van der Waals surface area contributed by atoms with E-state index >= 15 is 0 Å². The van der Waals surface area contributed by atoms with Crippen LogP contribution < -0.4 is 21.3 Å². The zero-order chi connectivity index (χ0) is 27.8. The molecule has 3 aromatic rings. The van der Waals surface area contributed by atoms with E-state index in [1.807, 2.05) is 29.9 Å². The fourth-order valence-electron chi connectivity index (χ4n) is 4.02. The SMILES string of the molecule is C#C.CNc1c(C)c(C2=CCNCC2)nn1-c1ccccc1.Fc1ccccc1F.O=CN[C@@H]1CCNC1. The first kappa shape index (κ1) is 30.2. The predicted molar refractivity (Wildman–Crippen MR) is 150 cm³/mol. The number of nitrogens with one attached hydrogen (secondary N) is 4. The van der Waals surface area contributed by atoms with E-state index in [2.05, 4.69) is 59.2 Å². The summed E-state index contributed by atoms with van der Waals surface area (Å²) in [5.74, 6) is -0.536. The highest BCUT2D eigenvalue weighted by atomic mass is 19.2. The highest BCUT2D eigenvalue weighted by Crippen LogP contribution is 2.29. The van der Waals surface area contributed by atoms with Crippen molar-refractivity contribution in [1.29, 1.82) is 0 Å². The van der Waals surface area contributed by atoms with Gasteiger partial charge in [0.05, 0.1) is 11.4 Å². The summed E-state index contributed by atoms with van der Waals surface area (Å²) >= 11 is 0. The Bertz CT molecular complexity index is 1150. The van der Waals surface area contributed by atoms with Gasteiger partial charge in [0, 0.05) is 31.7 Å². The molecule has 3 heterocycles. The van der Waals surface area contributed by atoms with Crippen molar-refractivity contribution in [3.05, 3.63) is 83.6 Å². The van der Waals surface area contributed by atoms with Crippen molar-refractivity contribution in [3.63, 3.8) is 0 Å². The van der Waals surface area contributed by atoms with E-state index in [1.165, 1.54) is 23.3 Å². The van der Waals surface area contributed by atoms with Gasteiger partial charge in [0.15, 0.2) is 11.6 Å². The predicted octanol–water partition coefficient (Wildman–Crippen LogP) is 3.91. The molecule has 1 atom stereocenters. The minimum Gasteiger partial charge on any atom is -0.373 e. The van der Waals surface area contributed by atoms with Crippen molar-refractivity contribution >= 4 is 17.8 Å². The number of rotatable bonds is 5. The van der Waals surface area contributed by atoms with Crippen molar-refractivity contribution in [3.8, 4) is 18.5 Å². The van der Waals surface area contributed by atoms with Crippen molar-refractivity contribution in [2.24, 2.45) is 0 Å². The Balaban J connectivity index is 0.000000232. The number of nitrogens with zero attached hydrogens (tertiary/aromatic N) is 2. The van der Waals surface area contributed by atoms with Crippen LogP contribution in [0.15, 0.2) is 60.7 Å². The summed E-state index contributed by atoms with van der Waals surface area (Å²) < 4.78 is 25.9. The molecule has 1 fully saturated rings. The van der Waals surface area contributed by atoms with Gasteiger partial charge in [0.2, 0.25) is 6.41 Å². The molecule has 0 unspecified atom stereocenters. The summed E-state index contributed by atoms with van der Waals surface area (Å²) in [5.41, 5.74) is 4.75. The van der Waals surface area contributed by atoms with Crippen LogP contribution in [0.1, 0.15) is 24.1 Å². The zero-order valence-electron chi connectivity index (χ0n) is 21.9. The molecular formula is C29H36F2N6O. The van der Waals surface area contributed by atoms with Crippen LogP contribution >= 0.6 is 0 Å². The van der Waals surface area contributed by atoms with E-state index in [4.69, 9.17) is 5.10 Å². The second-order valence-electron chi connectivity index (χ2n) is 8.39. The number of carbonyl (C=O) groups excluding carboxylic acids is 1. The van der Waals surface area contributed by atoms with E-state index < -0.39 is 11.6 Å². The van der Waals surface area contributed by atoms with Crippen LogP contribution in [0.4, 0.5) is 14.6 Å². The van der Waals surface area contributed by atoms with Crippen LogP contribution in [0, 0.1) is 31.4 Å². The van der Waals surface area contributed by atoms with Crippen LogP contribution in [0.25, 0.3) is 11.3 Å². The number of anilines is 1. The van der Waals surface area contributed by atoms with E-state index in [9.17, 15) is 13.6 Å². The van der Waals surface area contributed by atoms with Crippen LogP contribution in [-0.2, 0) is 4.79 Å². The topological polar surface area (TPSA) is 83.0 Å². The fraction of sp³-hybridized carbons (Fsp3) is 0.310. The smallest absolute Gasteiger partial charge is 0.207 e. The maximum atomic E-state index is 11.9. The fourth-order valence-corrected chi connectivity index (χ4v) is 4.02. The van der Waals surface area contributed by atoms with Gasteiger partial charge in [0.1, 0.15) is 5.82 Å². The number of aromatic nitrogens is 2. The minimum atomic E-state index is -0.799. The minimum absolute atomic E-state index is 0.382. The number of hydrogen-bond acceptors (Lipinski definition) is 5. The zero-order valence-corrected chi connectivity index (χ0v) is 21.9. The molecule has 0 aliphatic carbocycles. The Morgan fingerprint density at radius 3 is 2.18 bits per heavy atom. The molecular weight excluding hydrogens is 486 g/mol. The lowest BCUT2D eigenvalue weighted by molar-refractivity contribution is -0.110. The standard InChI is InChI=1S/C16H20N4.C6H4F2.C5H10N2O.C2H2/c1-12-15(13-8-10-18-11-9-13)19-20(16(12)17-2)14-6-4-3-5-7-14;7-5-3-1-2-4-6(5)8;8-4-7-5-1-2-6-3-5;1-2/h3-8,17-18H,9-11H2,1-2H3;1-4H;4-6H,1-3H2,(H,7,8);1-2H/t;;5-;/m..1./s1. The molecule has 1 amide bonds. The van der Waals surface area contributed by atoms with Crippen molar-refractivity contribution in [2.75, 3.05) is 38.5 Å². The molecule has 0 bridgehead atoms. The second-order valence-corrected chi connectivity index (χ2v) is 8.39. The second kappa shape index (κ2) is 16.7. The monoisotopic (exact) mass is 522 g/mol. The van der Waals surface area contributed by atoms with Crippen LogP contribution in [-0.4, -0.2) is 55.5 Å². The first-order chi connectivity index (χ1) is 18.5. The number of benzene rings is 2. The van der Waals surface area contributed by atoms with Gasteiger partial charge in [-0.15, -0.1) is 12.8 Å². The average molecular weight is 523 g/mol. The maximum Gasteiger partial charge on any atom is 0.207 e. The molecule has 0 radical (unpaired) electrons. The summed E-state index contributed by atoms with van der Waals surface area (Å²) in [4.78, 5) is 9.82. The molecule has 4 N–H and O–H groups in total. The Morgan fingerprint density at radius 2 is 1.68 bits per heavy atom. The van der Waals surface area contributed by atoms with Gasteiger partial charge in [0.25, 0.3) is 0 Å². The Kier molecular flexibility index (Phi) is 13.3. The number of halogens is 2. The highest BCUT2D eigenvalue weighted by molar-refractivity contribution is 5.71. The molecule has 9 heteroatoms. The first-order valence-corrected chi connectivity index (χ1v) is 12.4. The molecule has 1 aromatic heterocycles. The van der Waals surface area contributed by atoms with Crippen molar-refractivity contribution in [1.82, 2.24) is 25.7 Å². The van der Waals surface area contributed by atoms with Gasteiger partial charge in [-0.2, -0.15) is 5.10 Å². The maximum absolute atomic E-state index is 11.9. The molecule has 2 aromatic carbocycles. The van der Waals surface area contributed by atoms with E-state index in [-0.39, 0.29) is 0 Å². The highest BCUT2D eigenvalue weighted by Gasteiger charge is 2.18. The third-order valence-corrected chi connectivity index (χ3v) is 5.92. The Hall–Kier alpha value is -4.00. The van der Waals surface area contributed by atoms with Crippen molar-refractivity contribution < 1.29 is 13.6 Å². The lowest BCUT2D eigenvalue weighted by Gasteiger charge is -2.12. The third-order valence-electron chi connectivity index (χ3n) is 5.92. The van der Waals surface area contributed by atoms with Crippen LogP contribution in [0.3, 0.4) is 0 Å². The summed E-state index contributed by atoms with van der Waals surface area (Å²) in [6.07, 6.45) is 13.1. The van der Waals surface area contributed by atoms with Crippen LogP contribution in [0.2, 0.25) is 0 Å². The van der Waals surface area contributed by atoms with Crippen LogP contribution in [0.5, 0.6) is 0 Å². The molecule has 2 aliphatic heterocycles. The molecule has 38 heavy (non-hydrogen) atoms. The normalized spacial score (nSPS) is 15.7. The number of terminal acetylenes is 1. The summed E-state index contributed by atoms with van der Waals surface area (Å²) in [5, 5.41) is 17.3. The number of para-hydroxylation sites is 1. The molecule has 202 valence electrons. The third kappa shape index (κ3) is 8.83. The van der Waals surface area contributed by atoms with Gasteiger partial charge in [-0.05, 0) is 62.7 Å². The lowest BCUT2D eigenvalue weighted by atomic mass is 10.0. The van der Waals surface area contributed by atoms with Gasteiger partial charge in [-0.3, -0.25) is 4.79 Å². The number of hydrogen-bond donors (Lipinski definition) is 4. The summed E-state index contributed by atoms with van der Waals surface area (Å²) in [6.45, 7) is 6.06. The molecule has 5 rings (SSSR count). The molecule has 1 saturated heterocycles.